The van der Waals surface area contributed by atoms with Crippen LogP contribution in [0.15, 0.2) is 22.7 Å². The first-order valence-corrected chi connectivity index (χ1v) is 7.80. The molecule has 0 saturated carbocycles. The number of aromatic nitrogens is 1. The molecule has 0 radical (unpaired) electrons. The van der Waals surface area contributed by atoms with Crippen molar-refractivity contribution in [1.29, 1.82) is 0 Å². The van der Waals surface area contributed by atoms with E-state index in [-0.39, 0.29) is 16.6 Å². The molecule has 2 aromatic rings. The first-order chi connectivity index (χ1) is 11.0. The summed E-state index contributed by atoms with van der Waals surface area (Å²) in [5, 5.41) is 3.84. The molecule has 0 bridgehead atoms. The minimum Gasteiger partial charge on any atom is -0.359 e. The second-order valence-electron chi connectivity index (χ2n) is 5.48. The molecule has 23 heavy (non-hydrogen) atoms. The molecule has 1 aliphatic rings. The van der Waals surface area contributed by atoms with Gasteiger partial charge in [0.2, 0.25) is 0 Å². The molecular weight excluding hydrogens is 326 g/mol. The minimum atomic E-state index is -1.10. The molecule has 122 valence electrons. The van der Waals surface area contributed by atoms with Crippen LogP contribution in [0.2, 0.25) is 5.02 Å². The van der Waals surface area contributed by atoms with E-state index in [4.69, 9.17) is 16.1 Å². The molecule has 1 amide bonds. The van der Waals surface area contributed by atoms with Gasteiger partial charge in [-0.1, -0.05) is 23.7 Å². The largest absolute Gasteiger partial charge is 0.359 e. The first kappa shape index (κ1) is 15.9. The summed E-state index contributed by atoms with van der Waals surface area (Å²) < 4.78 is 31.9. The molecule has 7 heteroatoms. The van der Waals surface area contributed by atoms with Crippen molar-refractivity contribution in [1.82, 2.24) is 10.1 Å². The van der Waals surface area contributed by atoms with Gasteiger partial charge in [-0.3, -0.25) is 4.79 Å². The predicted molar refractivity (Wildman–Crippen MR) is 80.3 cm³/mol. The number of benzene rings is 1. The van der Waals surface area contributed by atoms with Crippen LogP contribution in [0.3, 0.4) is 0 Å². The van der Waals surface area contributed by atoms with Crippen molar-refractivity contribution in [2.75, 3.05) is 6.54 Å². The Morgan fingerprint density at radius 2 is 2.13 bits per heavy atom. The average molecular weight is 341 g/mol. The highest BCUT2D eigenvalue weighted by Gasteiger charge is 2.34. The number of nitrogens with zero attached hydrogens (tertiary/aromatic N) is 2. The lowest BCUT2D eigenvalue weighted by molar-refractivity contribution is 0.0714. The van der Waals surface area contributed by atoms with Crippen molar-refractivity contribution in [3.63, 3.8) is 0 Å². The molecule has 1 aromatic heterocycles. The van der Waals surface area contributed by atoms with E-state index in [1.54, 1.807) is 4.90 Å². The van der Waals surface area contributed by atoms with Gasteiger partial charge in [0.15, 0.2) is 17.4 Å². The third-order valence-corrected chi connectivity index (χ3v) is 4.33. The number of amides is 1. The molecule has 0 unspecified atom stereocenters. The number of likely N-dealkylation sites (tertiary alicyclic amines) is 1. The van der Waals surface area contributed by atoms with Gasteiger partial charge in [0.05, 0.1) is 22.3 Å². The van der Waals surface area contributed by atoms with Gasteiger partial charge in [-0.15, -0.1) is 0 Å². The highest BCUT2D eigenvalue weighted by Crippen LogP contribution is 2.34. The average Bonchev–Trinajstić information content (AvgIpc) is 3.18. The predicted octanol–water partition coefficient (Wildman–Crippen LogP) is 4.15. The summed E-state index contributed by atoms with van der Waals surface area (Å²) in [6.07, 6.45) is 2.25. The van der Waals surface area contributed by atoms with Gasteiger partial charge in [0.1, 0.15) is 0 Å². The van der Waals surface area contributed by atoms with E-state index in [0.717, 1.165) is 37.1 Å². The van der Waals surface area contributed by atoms with Crippen molar-refractivity contribution in [3.8, 4) is 0 Å². The summed E-state index contributed by atoms with van der Waals surface area (Å²) >= 11 is 5.91. The zero-order chi connectivity index (χ0) is 16.6. The molecule has 2 heterocycles. The second kappa shape index (κ2) is 6.28. The Morgan fingerprint density at radius 1 is 1.39 bits per heavy atom. The number of carbonyl (C=O) groups is 1. The zero-order valence-corrected chi connectivity index (χ0v) is 13.2. The summed E-state index contributed by atoms with van der Waals surface area (Å²) in [6, 6.07) is 3.22. The van der Waals surface area contributed by atoms with Crippen LogP contribution >= 0.6 is 11.6 Å². The Hall–Kier alpha value is -1.95. The Labute approximate surface area is 137 Å². The summed E-state index contributed by atoms with van der Waals surface area (Å²) in [5.41, 5.74) is 0.762. The van der Waals surface area contributed by atoms with E-state index in [0.29, 0.717) is 12.3 Å². The molecule has 1 fully saturated rings. The van der Waals surface area contributed by atoms with Crippen LogP contribution < -0.4 is 0 Å². The van der Waals surface area contributed by atoms with Gasteiger partial charge in [-0.05, 0) is 31.4 Å². The molecule has 1 saturated heterocycles. The Kier molecular flexibility index (Phi) is 4.35. The second-order valence-corrected chi connectivity index (χ2v) is 5.88. The van der Waals surface area contributed by atoms with Crippen molar-refractivity contribution in [2.24, 2.45) is 0 Å². The van der Waals surface area contributed by atoms with E-state index in [1.807, 2.05) is 13.0 Å². The van der Waals surface area contributed by atoms with E-state index >= 15 is 0 Å². The highest BCUT2D eigenvalue weighted by molar-refractivity contribution is 6.33. The number of rotatable bonds is 3. The first-order valence-electron chi connectivity index (χ1n) is 7.42. The van der Waals surface area contributed by atoms with Crippen molar-refractivity contribution >= 4 is 17.5 Å². The Balaban J connectivity index is 1.90. The lowest BCUT2D eigenvalue weighted by Gasteiger charge is -2.23. The smallest absolute Gasteiger partial charge is 0.256 e. The Bertz CT molecular complexity index is 748. The van der Waals surface area contributed by atoms with Crippen LogP contribution in [0.1, 0.15) is 47.6 Å². The number of hydrogen-bond acceptors (Lipinski definition) is 3. The normalized spacial score (nSPS) is 17.7. The molecule has 0 aliphatic carbocycles. The van der Waals surface area contributed by atoms with E-state index in [9.17, 15) is 13.6 Å². The molecule has 0 N–H and O–H groups in total. The monoisotopic (exact) mass is 340 g/mol. The van der Waals surface area contributed by atoms with Gasteiger partial charge in [0.25, 0.3) is 5.91 Å². The fourth-order valence-electron chi connectivity index (χ4n) is 2.80. The molecule has 1 atom stereocenters. The van der Waals surface area contributed by atoms with Crippen molar-refractivity contribution < 1.29 is 18.1 Å². The maximum atomic E-state index is 13.4. The highest BCUT2D eigenvalue weighted by atomic mass is 35.5. The lowest BCUT2D eigenvalue weighted by atomic mass is 10.1. The number of hydrogen-bond donors (Lipinski definition) is 0. The van der Waals surface area contributed by atoms with Crippen LogP contribution in [0.4, 0.5) is 8.78 Å². The molecule has 1 aromatic carbocycles. The maximum absolute atomic E-state index is 13.4. The lowest BCUT2D eigenvalue weighted by Crippen LogP contribution is -2.30. The number of aryl methyl sites for hydroxylation is 1. The van der Waals surface area contributed by atoms with Crippen LogP contribution in [-0.2, 0) is 6.42 Å². The zero-order valence-electron chi connectivity index (χ0n) is 12.5. The van der Waals surface area contributed by atoms with Gasteiger partial charge in [-0.2, -0.15) is 0 Å². The SMILES string of the molecule is CCc1cc([C@H]2CCCN2C(=O)c2cc(F)c(F)cc2Cl)on1. The van der Waals surface area contributed by atoms with E-state index in [1.165, 1.54) is 0 Å². The standard InChI is InChI=1S/C16H15ClF2N2O2/c1-2-9-6-15(23-20-9)14-4-3-5-21(14)16(22)10-7-12(18)13(19)8-11(10)17/h6-8,14H,2-5H2,1H3/t14-/m1/s1. The van der Waals surface area contributed by atoms with Crippen LogP contribution in [-0.4, -0.2) is 22.5 Å². The summed E-state index contributed by atoms with van der Waals surface area (Å²) in [6.45, 7) is 2.46. The molecule has 4 nitrogen and oxygen atoms in total. The van der Waals surface area contributed by atoms with Gasteiger partial charge in [-0.25, -0.2) is 8.78 Å². The Morgan fingerprint density at radius 3 is 2.83 bits per heavy atom. The number of halogens is 3. The van der Waals surface area contributed by atoms with Gasteiger partial charge < -0.3 is 9.42 Å². The molecule has 3 rings (SSSR count). The molecule has 1 aliphatic heterocycles. The van der Waals surface area contributed by atoms with E-state index < -0.39 is 17.5 Å². The van der Waals surface area contributed by atoms with Crippen LogP contribution in [0, 0.1) is 11.6 Å². The van der Waals surface area contributed by atoms with E-state index in [2.05, 4.69) is 5.16 Å². The summed E-state index contributed by atoms with van der Waals surface area (Å²) in [7, 11) is 0. The third kappa shape index (κ3) is 2.95. The fourth-order valence-corrected chi connectivity index (χ4v) is 3.03. The quantitative estimate of drug-likeness (QED) is 0.789. The van der Waals surface area contributed by atoms with Crippen molar-refractivity contribution in [3.05, 3.63) is 51.9 Å². The summed E-state index contributed by atoms with van der Waals surface area (Å²) in [4.78, 5) is 14.2. The maximum Gasteiger partial charge on any atom is 0.256 e. The topological polar surface area (TPSA) is 46.3 Å². The fraction of sp³-hybridized carbons (Fsp3) is 0.375. The molecular formula is C16H15ClF2N2O2. The minimum absolute atomic E-state index is 0.0484. The number of carbonyl (C=O) groups excluding carboxylic acids is 1. The van der Waals surface area contributed by atoms with Crippen LogP contribution in [0.25, 0.3) is 0 Å². The van der Waals surface area contributed by atoms with Crippen molar-refractivity contribution in [2.45, 2.75) is 32.2 Å². The van der Waals surface area contributed by atoms with Crippen LogP contribution in [0.5, 0.6) is 0 Å². The third-order valence-electron chi connectivity index (χ3n) is 4.02. The van der Waals surface area contributed by atoms with Gasteiger partial charge in [0, 0.05) is 12.6 Å². The molecule has 0 spiro atoms. The summed E-state index contributed by atoms with van der Waals surface area (Å²) in [5.74, 6) is -2.01. The van der Waals surface area contributed by atoms with Gasteiger partial charge >= 0.3 is 0 Å².